The largest absolute Gasteiger partial charge is 0.422 e. The summed E-state index contributed by atoms with van der Waals surface area (Å²) >= 11 is 0. The summed E-state index contributed by atoms with van der Waals surface area (Å²) in [5.74, 6) is 0.927. The SMILES string of the molecule is Cc1cc(C)c(OC(=O)c2ccccc2)c(CC(C)C)c1. The summed E-state index contributed by atoms with van der Waals surface area (Å²) in [6, 6.07) is 13.3. The maximum absolute atomic E-state index is 12.3. The summed E-state index contributed by atoms with van der Waals surface area (Å²) in [6.07, 6.45) is 0.903. The number of ether oxygens (including phenoxy) is 1. The molecule has 2 nitrogen and oxygen atoms in total. The van der Waals surface area contributed by atoms with Crippen LogP contribution in [0.1, 0.15) is 40.9 Å². The van der Waals surface area contributed by atoms with Crippen molar-refractivity contribution in [2.45, 2.75) is 34.1 Å². The zero-order valence-corrected chi connectivity index (χ0v) is 13.1. The monoisotopic (exact) mass is 282 g/mol. The predicted octanol–water partition coefficient (Wildman–Crippen LogP) is 4.72. The number of carbonyl (C=O) groups excluding carboxylic acids is 1. The van der Waals surface area contributed by atoms with Crippen molar-refractivity contribution < 1.29 is 9.53 Å². The first kappa shape index (κ1) is 15.3. The summed E-state index contributed by atoms with van der Waals surface area (Å²) in [7, 11) is 0. The third-order valence-electron chi connectivity index (χ3n) is 3.33. The molecule has 0 unspecified atom stereocenters. The predicted molar refractivity (Wildman–Crippen MR) is 85.9 cm³/mol. The summed E-state index contributed by atoms with van der Waals surface area (Å²) in [5, 5.41) is 0. The van der Waals surface area contributed by atoms with E-state index in [1.807, 2.05) is 25.1 Å². The Kier molecular flexibility index (Phi) is 4.79. The van der Waals surface area contributed by atoms with Gasteiger partial charge in [-0.1, -0.05) is 49.7 Å². The summed E-state index contributed by atoms with van der Waals surface area (Å²) < 4.78 is 5.68. The van der Waals surface area contributed by atoms with Crippen molar-refractivity contribution in [2.24, 2.45) is 5.92 Å². The van der Waals surface area contributed by atoms with E-state index in [1.165, 1.54) is 5.56 Å². The quantitative estimate of drug-likeness (QED) is 0.599. The van der Waals surface area contributed by atoms with Crippen molar-refractivity contribution in [1.82, 2.24) is 0 Å². The molecule has 0 radical (unpaired) electrons. The smallest absolute Gasteiger partial charge is 0.343 e. The molecule has 0 aliphatic carbocycles. The minimum Gasteiger partial charge on any atom is -0.422 e. The zero-order chi connectivity index (χ0) is 15.4. The molecule has 0 heterocycles. The molecule has 0 saturated carbocycles. The van der Waals surface area contributed by atoms with Crippen LogP contribution in [-0.2, 0) is 6.42 Å². The average Bonchev–Trinajstić information content (AvgIpc) is 2.42. The van der Waals surface area contributed by atoms with E-state index in [0.29, 0.717) is 17.2 Å². The molecule has 2 rings (SSSR count). The lowest BCUT2D eigenvalue weighted by Crippen LogP contribution is -2.11. The average molecular weight is 282 g/mol. The number of benzene rings is 2. The Morgan fingerprint density at radius 3 is 2.38 bits per heavy atom. The van der Waals surface area contributed by atoms with E-state index in [0.717, 1.165) is 17.5 Å². The fraction of sp³-hybridized carbons (Fsp3) is 0.316. The second-order valence-electron chi connectivity index (χ2n) is 5.92. The van der Waals surface area contributed by atoms with Crippen LogP contribution in [0.2, 0.25) is 0 Å². The van der Waals surface area contributed by atoms with Gasteiger partial charge in [-0.15, -0.1) is 0 Å². The van der Waals surface area contributed by atoms with Gasteiger partial charge in [-0.3, -0.25) is 0 Å². The van der Waals surface area contributed by atoms with E-state index < -0.39 is 0 Å². The zero-order valence-electron chi connectivity index (χ0n) is 13.1. The Morgan fingerprint density at radius 1 is 1.10 bits per heavy atom. The topological polar surface area (TPSA) is 26.3 Å². The lowest BCUT2D eigenvalue weighted by atomic mass is 9.97. The van der Waals surface area contributed by atoms with Crippen LogP contribution in [0, 0.1) is 19.8 Å². The molecule has 0 aliphatic rings. The molecule has 0 fully saturated rings. The van der Waals surface area contributed by atoms with Gasteiger partial charge in [-0.05, 0) is 49.4 Å². The summed E-state index contributed by atoms with van der Waals surface area (Å²) in [6.45, 7) is 8.39. The fourth-order valence-electron chi connectivity index (χ4n) is 2.51. The van der Waals surface area contributed by atoms with Gasteiger partial charge in [0.1, 0.15) is 5.75 Å². The molecule has 2 aromatic rings. The van der Waals surface area contributed by atoms with E-state index in [1.54, 1.807) is 12.1 Å². The molecular weight excluding hydrogens is 260 g/mol. The van der Waals surface area contributed by atoms with Crippen LogP contribution in [0.3, 0.4) is 0 Å². The fourth-order valence-corrected chi connectivity index (χ4v) is 2.51. The molecule has 2 heteroatoms. The minimum atomic E-state index is -0.299. The van der Waals surface area contributed by atoms with E-state index >= 15 is 0 Å². The molecule has 0 amide bonds. The number of hydrogen-bond donors (Lipinski definition) is 0. The van der Waals surface area contributed by atoms with Crippen LogP contribution in [0.5, 0.6) is 5.75 Å². The van der Waals surface area contributed by atoms with E-state index in [2.05, 4.69) is 32.9 Å². The lowest BCUT2D eigenvalue weighted by Gasteiger charge is -2.15. The van der Waals surface area contributed by atoms with Gasteiger partial charge in [-0.2, -0.15) is 0 Å². The highest BCUT2D eigenvalue weighted by atomic mass is 16.5. The number of rotatable bonds is 4. The van der Waals surface area contributed by atoms with Gasteiger partial charge >= 0.3 is 5.97 Å². The van der Waals surface area contributed by atoms with Crippen LogP contribution in [-0.4, -0.2) is 5.97 Å². The van der Waals surface area contributed by atoms with Crippen molar-refractivity contribution >= 4 is 5.97 Å². The van der Waals surface area contributed by atoms with Crippen molar-refractivity contribution in [3.8, 4) is 5.75 Å². The molecule has 0 atom stereocenters. The number of esters is 1. The summed E-state index contributed by atoms with van der Waals surface area (Å²) in [4.78, 5) is 12.3. The van der Waals surface area contributed by atoms with Gasteiger partial charge in [0.2, 0.25) is 0 Å². The van der Waals surface area contributed by atoms with E-state index in [9.17, 15) is 4.79 Å². The number of aryl methyl sites for hydroxylation is 2. The van der Waals surface area contributed by atoms with Crippen LogP contribution in [0.15, 0.2) is 42.5 Å². The van der Waals surface area contributed by atoms with Crippen LogP contribution in [0.25, 0.3) is 0 Å². The molecule has 110 valence electrons. The maximum atomic E-state index is 12.3. The normalized spacial score (nSPS) is 10.7. The van der Waals surface area contributed by atoms with Crippen LogP contribution < -0.4 is 4.74 Å². The summed E-state index contributed by atoms with van der Waals surface area (Å²) in [5.41, 5.74) is 3.89. The number of hydrogen-bond acceptors (Lipinski definition) is 2. The molecular formula is C19H22O2. The Labute approximate surface area is 126 Å². The Bertz CT molecular complexity index is 628. The second-order valence-corrected chi connectivity index (χ2v) is 5.92. The maximum Gasteiger partial charge on any atom is 0.343 e. The molecule has 0 N–H and O–H groups in total. The Balaban J connectivity index is 2.32. The van der Waals surface area contributed by atoms with Crippen LogP contribution >= 0.6 is 0 Å². The Morgan fingerprint density at radius 2 is 1.76 bits per heavy atom. The van der Waals surface area contributed by atoms with E-state index in [-0.39, 0.29) is 5.97 Å². The van der Waals surface area contributed by atoms with Gasteiger partial charge in [0, 0.05) is 0 Å². The van der Waals surface area contributed by atoms with Crippen molar-refractivity contribution in [1.29, 1.82) is 0 Å². The van der Waals surface area contributed by atoms with Crippen molar-refractivity contribution in [2.75, 3.05) is 0 Å². The first-order chi connectivity index (χ1) is 9.97. The first-order valence-electron chi connectivity index (χ1n) is 7.34. The van der Waals surface area contributed by atoms with Gasteiger partial charge in [0.25, 0.3) is 0 Å². The van der Waals surface area contributed by atoms with Crippen molar-refractivity contribution in [3.63, 3.8) is 0 Å². The Hall–Kier alpha value is -2.09. The highest BCUT2D eigenvalue weighted by Gasteiger charge is 2.15. The molecule has 21 heavy (non-hydrogen) atoms. The molecule has 0 spiro atoms. The van der Waals surface area contributed by atoms with Gasteiger partial charge in [0.05, 0.1) is 5.56 Å². The number of carbonyl (C=O) groups is 1. The molecule has 0 aromatic heterocycles. The highest BCUT2D eigenvalue weighted by Crippen LogP contribution is 2.28. The first-order valence-corrected chi connectivity index (χ1v) is 7.34. The highest BCUT2D eigenvalue weighted by molar-refractivity contribution is 5.91. The van der Waals surface area contributed by atoms with Gasteiger partial charge < -0.3 is 4.74 Å². The third kappa shape index (κ3) is 3.94. The standard InChI is InChI=1S/C19H22O2/c1-13(2)10-17-12-14(3)11-15(4)18(17)21-19(20)16-8-6-5-7-9-16/h5-9,11-13H,10H2,1-4H3. The van der Waals surface area contributed by atoms with Crippen molar-refractivity contribution in [3.05, 3.63) is 64.7 Å². The second kappa shape index (κ2) is 6.57. The van der Waals surface area contributed by atoms with E-state index in [4.69, 9.17) is 4.74 Å². The molecule has 0 bridgehead atoms. The minimum absolute atomic E-state index is 0.299. The third-order valence-corrected chi connectivity index (χ3v) is 3.33. The van der Waals surface area contributed by atoms with Crippen LogP contribution in [0.4, 0.5) is 0 Å². The molecule has 2 aromatic carbocycles. The molecule has 0 aliphatic heterocycles. The molecule has 0 saturated heterocycles. The van der Waals surface area contributed by atoms with Gasteiger partial charge in [-0.25, -0.2) is 4.79 Å². The van der Waals surface area contributed by atoms with Gasteiger partial charge in [0.15, 0.2) is 0 Å². The lowest BCUT2D eigenvalue weighted by molar-refractivity contribution is 0.0731.